The van der Waals surface area contributed by atoms with E-state index in [-0.39, 0.29) is 22.8 Å². The second kappa shape index (κ2) is 9.47. The molecule has 0 unspecified atom stereocenters. The fourth-order valence-corrected chi connectivity index (χ4v) is 5.61. The average Bonchev–Trinajstić information content (AvgIpc) is 3.35. The van der Waals surface area contributed by atoms with E-state index < -0.39 is 0 Å². The van der Waals surface area contributed by atoms with E-state index in [1.165, 1.54) is 27.8 Å². The Morgan fingerprint density at radius 1 is 0.919 bits per heavy atom. The molecule has 1 saturated heterocycles. The summed E-state index contributed by atoms with van der Waals surface area (Å²) in [7, 11) is 0. The molecule has 0 radical (unpaired) electrons. The van der Waals surface area contributed by atoms with Gasteiger partial charge in [0.1, 0.15) is 0 Å². The summed E-state index contributed by atoms with van der Waals surface area (Å²) in [5, 5.41) is 3.17. The molecule has 3 aromatic rings. The first kappa shape index (κ1) is 25.8. The SMILES string of the molecule is Cc1c(C(=O)NC2COC2)cc(-c2cc(C(C)(C)C)cc(C(C)(C)C)c2)n1CC1Cc2ccccc2C1. The van der Waals surface area contributed by atoms with Crippen molar-refractivity contribution in [1.82, 2.24) is 9.88 Å². The van der Waals surface area contributed by atoms with Gasteiger partial charge >= 0.3 is 0 Å². The van der Waals surface area contributed by atoms with E-state index in [0.717, 1.165) is 36.3 Å². The molecular formula is C33H42N2O2. The lowest BCUT2D eigenvalue weighted by atomic mass is 9.79. The number of carbonyl (C=O) groups is 1. The zero-order valence-electron chi connectivity index (χ0n) is 23.6. The Hall–Kier alpha value is -2.85. The Morgan fingerprint density at radius 2 is 1.49 bits per heavy atom. The number of fused-ring (bicyclic) bond motifs is 1. The van der Waals surface area contributed by atoms with Crippen molar-refractivity contribution in [3.8, 4) is 11.3 Å². The van der Waals surface area contributed by atoms with Crippen molar-refractivity contribution < 1.29 is 9.53 Å². The molecule has 1 amide bonds. The van der Waals surface area contributed by atoms with Gasteiger partial charge in [-0.25, -0.2) is 0 Å². The van der Waals surface area contributed by atoms with Crippen LogP contribution in [0.15, 0.2) is 48.5 Å². The van der Waals surface area contributed by atoms with Crippen LogP contribution in [0.2, 0.25) is 0 Å². The molecule has 0 bridgehead atoms. The maximum atomic E-state index is 13.4. The average molecular weight is 499 g/mol. The summed E-state index contributed by atoms with van der Waals surface area (Å²) in [6.07, 6.45) is 2.17. The lowest BCUT2D eigenvalue weighted by Crippen LogP contribution is -2.48. The number of amides is 1. The predicted octanol–water partition coefficient (Wildman–Crippen LogP) is 6.60. The Labute approximate surface area is 222 Å². The first-order valence-corrected chi connectivity index (χ1v) is 13.7. The lowest BCUT2D eigenvalue weighted by molar-refractivity contribution is -0.00347. The highest BCUT2D eigenvalue weighted by atomic mass is 16.5. The van der Waals surface area contributed by atoms with Gasteiger partial charge in [-0.05, 0) is 82.5 Å². The fraction of sp³-hybridized carbons (Fsp3) is 0.485. The molecule has 2 heterocycles. The summed E-state index contributed by atoms with van der Waals surface area (Å²) in [6.45, 7) is 17.9. The first-order chi connectivity index (χ1) is 17.4. The number of nitrogens with zero attached hydrogens (tertiary/aromatic N) is 1. The minimum atomic E-state index is 0.00327. The molecule has 1 aromatic heterocycles. The number of carbonyl (C=O) groups excluding carboxylic acids is 1. The van der Waals surface area contributed by atoms with Crippen LogP contribution < -0.4 is 5.32 Å². The molecule has 0 spiro atoms. The van der Waals surface area contributed by atoms with Crippen molar-refractivity contribution in [3.05, 3.63) is 82.0 Å². The van der Waals surface area contributed by atoms with Gasteiger partial charge in [-0.1, -0.05) is 71.9 Å². The van der Waals surface area contributed by atoms with E-state index in [4.69, 9.17) is 4.74 Å². The van der Waals surface area contributed by atoms with Crippen LogP contribution >= 0.6 is 0 Å². The lowest BCUT2D eigenvalue weighted by Gasteiger charge is -2.27. The highest BCUT2D eigenvalue weighted by Crippen LogP contribution is 2.37. The predicted molar refractivity (Wildman–Crippen MR) is 151 cm³/mol. The molecular weight excluding hydrogens is 456 g/mol. The first-order valence-electron chi connectivity index (χ1n) is 13.7. The molecule has 0 atom stereocenters. The zero-order chi connectivity index (χ0) is 26.5. The molecule has 196 valence electrons. The van der Waals surface area contributed by atoms with Gasteiger partial charge in [0.15, 0.2) is 0 Å². The quantitative estimate of drug-likeness (QED) is 0.431. The number of rotatable bonds is 5. The second-order valence-corrected chi connectivity index (χ2v) is 13.2. The van der Waals surface area contributed by atoms with E-state index in [9.17, 15) is 4.79 Å². The van der Waals surface area contributed by atoms with Gasteiger partial charge < -0.3 is 14.6 Å². The summed E-state index contributed by atoms with van der Waals surface area (Å²) in [4.78, 5) is 13.4. The maximum Gasteiger partial charge on any atom is 0.253 e. The van der Waals surface area contributed by atoms with E-state index in [1.807, 2.05) is 0 Å². The standard InChI is InChI=1S/C33H42N2O2/c1-21-29(31(36)34-28-19-37-20-28)17-30(35(21)18-22-12-23-10-8-9-11-24(23)13-22)25-14-26(32(2,3)4)16-27(15-25)33(5,6)7/h8-11,14-17,22,28H,12-13,18-20H2,1-7H3,(H,34,36). The number of nitrogens with one attached hydrogen (secondary N) is 1. The molecule has 4 nitrogen and oxygen atoms in total. The number of aromatic nitrogens is 1. The van der Waals surface area contributed by atoms with Gasteiger partial charge in [0, 0.05) is 17.9 Å². The molecule has 5 rings (SSSR count). The fourth-order valence-electron chi connectivity index (χ4n) is 5.61. The van der Waals surface area contributed by atoms with Crippen LogP contribution in [0.3, 0.4) is 0 Å². The molecule has 2 aromatic carbocycles. The number of hydrogen-bond acceptors (Lipinski definition) is 2. The van der Waals surface area contributed by atoms with Crippen molar-refractivity contribution in [2.45, 2.75) is 84.7 Å². The van der Waals surface area contributed by atoms with Crippen LogP contribution in [-0.2, 0) is 35.0 Å². The topological polar surface area (TPSA) is 43.3 Å². The van der Waals surface area contributed by atoms with Crippen LogP contribution in [0.25, 0.3) is 11.3 Å². The van der Waals surface area contributed by atoms with Crippen molar-refractivity contribution in [3.63, 3.8) is 0 Å². The molecule has 1 N–H and O–H groups in total. The second-order valence-electron chi connectivity index (χ2n) is 13.2. The summed E-state index contributed by atoms with van der Waals surface area (Å²) < 4.78 is 7.70. The number of hydrogen-bond donors (Lipinski definition) is 1. The van der Waals surface area contributed by atoms with Gasteiger partial charge in [-0.15, -0.1) is 0 Å². The van der Waals surface area contributed by atoms with Gasteiger partial charge in [-0.2, -0.15) is 0 Å². The van der Waals surface area contributed by atoms with Crippen molar-refractivity contribution >= 4 is 5.91 Å². The summed E-state index contributed by atoms with van der Waals surface area (Å²) in [5.41, 5.74) is 9.79. The van der Waals surface area contributed by atoms with Crippen LogP contribution in [-0.4, -0.2) is 29.7 Å². The van der Waals surface area contributed by atoms with E-state index in [1.54, 1.807) is 0 Å². The Morgan fingerprint density at radius 3 is 1.97 bits per heavy atom. The van der Waals surface area contributed by atoms with Crippen molar-refractivity contribution in [2.75, 3.05) is 13.2 Å². The van der Waals surface area contributed by atoms with Gasteiger partial charge in [-0.3, -0.25) is 4.79 Å². The van der Waals surface area contributed by atoms with Gasteiger partial charge in [0.25, 0.3) is 5.91 Å². The van der Waals surface area contributed by atoms with E-state index in [2.05, 4.69) is 107 Å². The highest BCUT2D eigenvalue weighted by molar-refractivity contribution is 5.97. The van der Waals surface area contributed by atoms with Crippen LogP contribution in [0.4, 0.5) is 0 Å². The summed E-state index contributed by atoms with van der Waals surface area (Å²) in [5.74, 6) is 0.523. The molecule has 37 heavy (non-hydrogen) atoms. The van der Waals surface area contributed by atoms with Gasteiger partial charge in [0.2, 0.25) is 0 Å². The molecule has 1 aliphatic carbocycles. The molecule has 1 fully saturated rings. The third-order valence-corrected chi connectivity index (χ3v) is 8.12. The Bertz CT molecular complexity index is 1260. The normalized spacial score (nSPS) is 16.5. The van der Waals surface area contributed by atoms with E-state index in [0.29, 0.717) is 19.1 Å². The molecule has 0 saturated carbocycles. The van der Waals surface area contributed by atoms with Crippen molar-refractivity contribution in [2.24, 2.45) is 5.92 Å². The largest absolute Gasteiger partial charge is 0.377 e. The molecule has 1 aliphatic heterocycles. The zero-order valence-corrected chi connectivity index (χ0v) is 23.6. The van der Waals surface area contributed by atoms with Gasteiger partial charge in [0.05, 0.1) is 24.8 Å². The van der Waals surface area contributed by atoms with Crippen LogP contribution in [0.1, 0.15) is 79.8 Å². The van der Waals surface area contributed by atoms with Crippen LogP contribution in [0, 0.1) is 12.8 Å². The summed E-state index contributed by atoms with van der Waals surface area (Å²) in [6, 6.07) is 18.1. The Balaban J connectivity index is 1.59. The third kappa shape index (κ3) is 5.27. The monoisotopic (exact) mass is 498 g/mol. The summed E-state index contributed by atoms with van der Waals surface area (Å²) >= 11 is 0. The minimum absolute atomic E-state index is 0.00327. The molecule has 2 aliphatic rings. The maximum absolute atomic E-state index is 13.4. The number of benzene rings is 2. The van der Waals surface area contributed by atoms with E-state index >= 15 is 0 Å². The Kier molecular flexibility index (Phi) is 6.60. The molecule has 4 heteroatoms. The number of ether oxygens (including phenoxy) is 1. The highest BCUT2D eigenvalue weighted by Gasteiger charge is 2.28. The van der Waals surface area contributed by atoms with Crippen molar-refractivity contribution in [1.29, 1.82) is 0 Å². The third-order valence-electron chi connectivity index (χ3n) is 8.12. The van der Waals surface area contributed by atoms with Crippen LogP contribution in [0.5, 0.6) is 0 Å². The smallest absolute Gasteiger partial charge is 0.253 e. The minimum Gasteiger partial charge on any atom is -0.377 e.